The van der Waals surface area contributed by atoms with E-state index < -0.39 is 17.6 Å². The maximum atomic E-state index is 12.4. The van der Waals surface area contributed by atoms with Gasteiger partial charge in [0, 0.05) is 12.1 Å². The largest absolute Gasteiger partial charge is 0.416 e. The molecule has 100 valence electrons. The summed E-state index contributed by atoms with van der Waals surface area (Å²) in [4.78, 5) is 11.6. The second kappa shape index (κ2) is 6.09. The second-order valence-corrected chi connectivity index (χ2v) is 4.41. The van der Waals surface area contributed by atoms with Gasteiger partial charge in [-0.1, -0.05) is 13.0 Å². The Kier molecular flexibility index (Phi) is 5.02. The highest BCUT2D eigenvalue weighted by molar-refractivity contribution is 6.20. The van der Waals surface area contributed by atoms with Crippen LogP contribution in [-0.2, 0) is 6.18 Å². The molecule has 1 unspecified atom stereocenters. The molecule has 0 fully saturated rings. The van der Waals surface area contributed by atoms with E-state index >= 15 is 0 Å². The van der Waals surface area contributed by atoms with E-state index in [2.05, 4.69) is 5.32 Å². The molecule has 0 bridgehead atoms. The monoisotopic (exact) mass is 279 g/mol. The Morgan fingerprint density at radius 2 is 2.11 bits per heavy atom. The molecule has 2 nitrogen and oxygen atoms in total. The third-order valence-corrected chi connectivity index (χ3v) is 2.84. The summed E-state index contributed by atoms with van der Waals surface area (Å²) >= 11 is 5.81. The Bertz CT molecular complexity index is 420. The number of halogens is 4. The number of carbonyl (C=O) groups is 1. The zero-order chi connectivity index (χ0) is 13.8. The average molecular weight is 280 g/mol. The smallest absolute Gasteiger partial charge is 0.351 e. The van der Waals surface area contributed by atoms with Gasteiger partial charge in [0.25, 0.3) is 5.91 Å². The van der Waals surface area contributed by atoms with Crippen LogP contribution in [0.5, 0.6) is 0 Å². The van der Waals surface area contributed by atoms with E-state index in [4.69, 9.17) is 11.6 Å². The summed E-state index contributed by atoms with van der Waals surface area (Å²) in [5.74, 6) is -0.555. The number of hydrogen-bond donors (Lipinski definition) is 1. The van der Waals surface area contributed by atoms with Crippen LogP contribution in [0.25, 0.3) is 0 Å². The molecule has 1 amide bonds. The predicted octanol–water partition coefficient (Wildman–Crippen LogP) is 3.45. The Labute approximate surface area is 108 Å². The molecule has 0 aliphatic rings. The third kappa shape index (κ3) is 4.22. The van der Waals surface area contributed by atoms with Crippen molar-refractivity contribution in [2.24, 2.45) is 0 Å². The Morgan fingerprint density at radius 3 is 2.67 bits per heavy atom. The van der Waals surface area contributed by atoms with Crippen LogP contribution in [-0.4, -0.2) is 17.8 Å². The van der Waals surface area contributed by atoms with Crippen LogP contribution in [0.3, 0.4) is 0 Å². The molecule has 1 aromatic carbocycles. The van der Waals surface area contributed by atoms with Crippen molar-refractivity contribution in [1.29, 1.82) is 0 Å². The zero-order valence-corrected chi connectivity index (χ0v) is 10.5. The van der Waals surface area contributed by atoms with Crippen LogP contribution in [0.15, 0.2) is 24.3 Å². The lowest BCUT2D eigenvalue weighted by molar-refractivity contribution is -0.137. The highest BCUT2D eigenvalue weighted by Crippen LogP contribution is 2.29. The Balaban J connectivity index is 2.75. The molecular weight excluding hydrogens is 267 g/mol. The van der Waals surface area contributed by atoms with E-state index in [9.17, 15) is 18.0 Å². The van der Waals surface area contributed by atoms with Crippen LogP contribution in [0.2, 0.25) is 0 Å². The summed E-state index contributed by atoms with van der Waals surface area (Å²) in [5, 5.41) is 2.27. The van der Waals surface area contributed by atoms with Gasteiger partial charge in [0.1, 0.15) is 0 Å². The second-order valence-electron chi connectivity index (χ2n) is 3.79. The molecule has 0 radical (unpaired) electrons. The highest BCUT2D eigenvalue weighted by Gasteiger charge is 2.30. The van der Waals surface area contributed by atoms with Crippen molar-refractivity contribution in [2.45, 2.75) is 24.9 Å². The molecule has 0 saturated carbocycles. The fraction of sp³-hybridized carbons (Fsp3) is 0.417. The predicted molar refractivity (Wildman–Crippen MR) is 63.7 cm³/mol. The van der Waals surface area contributed by atoms with Crippen LogP contribution in [0, 0.1) is 0 Å². The minimum Gasteiger partial charge on any atom is -0.351 e. The highest BCUT2D eigenvalue weighted by atomic mass is 35.5. The summed E-state index contributed by atoms with van der Waals surface area (Å²) < 4.78 is 37.3. The normalized spacial score (nSPS) is 13.2. The molecule has 18 heavy (non-hydrogen) atoms. The number of hydrogen-bond acceptors (Lipinski definition) is 1. The molecule has 1 aromatic rings. The lowest BCUT2D eigenvalue weighted by Gasteiger charge is -2.10. The first kappa shape index (κ1) is 14.8. The molecule has 0 aliphatic heterocycles. The standard InChI is InChI=1S/C12H13ClF3NO/c1-2-10(13)7-17-11(18)8-4-3-5-9(6-8)12(14,15)16/h3-6,10H,2,7H2,1H3,(H,17,18). The van der Waals surface area contributed by atoms with Gasteiger partial charge in [0.15, 0.2) is 0 Å². The van der Waals surface area contributed by atoms with Gasteiger partial charge < -0.3 is 5.32 Å². The van der Waals surface area contributed by atoms with E-state index in [0.29, 0.717) is 6.42 Å². The summed E-state index contributed by atoms with van der Waals surface area (Å²) in [5.41, 5.74) is -0.863. The van der Waals surface area contributed by atoms with Gasteiger partial charge in [-0.2, -0.15) is 13.2 Å². The number of alkyl halides is 4. The number of amides is 1. The van der Waals surface area contributed by atoms with Gasteiger partial charge >= 0.3 is 6.18 Å². The molecule has 0 saturated heterocycles. The molecular formula is C12H13ClF3NO. The number of nitrogens with one attached hydrogen (secondary N) is 1. The molecule has 0 aliphatic carbocycles. The van der Waals surface area contributed by atoms with Crippen molar-refractivity contribution in [3.05, 3.63) is 35.4 Å². The maximum Gasteiger partial charge on any atom is 0.416 e. The lowest BCUT2D eigenvalue weighted by Crippen LogP contribution is -2.29. The summed E-state index contributed by atoms with van der Waals surface area (Å²) in [6.45, 7) is 2.08. The quantitative estimate of drug-likeness (QED) is 0.841. The summed E-state index contributed by atoms with van der Waals surface area (Å²) in [7, 11) is 0. The van der Waals surface area contributed by atoms with Crippen LogP contribution in [0.4, 0.5) is 13.2 Å². The first-order valence-corrected chi connectivity index (χ1v) is 5.87. The van der Waals surface area contributed by atoms with Crippen LogP contribution >= 0.6 is 11.6 Å². The molecule has 6 heteroatoms. The van der Waals surface area contributed by atoms with Crippen LogP contribution < -0.4 is 5.32 Å². The molecule has 1 rings (SSSR count). The average Bonchev–Trinajstić information content (AvgIpc) is 2.34. The van der Waals surface area contributed by atoms with Gasteiger partial charge in [-0.15, -0.1) is 11.6 Å². The van der Waals surface area contributed by atoms with E-state index in [1.807, 2.05) is 6.92 Å². The maximum absolute atomic E-state index is 12.4. The fourth-order valence-corrected chi connectivity index (χ4v) is 1.36. The first-order valence-electron chi connectivity index (χ1n) is 5.44. The van der Waals surface area contributed by atoms with E-state index in [-0.39, 0.29) is 17.5 Å². The first-order chi connectivity index (χ1) is 8.34. The van der Waals surface area contributed by atoms with E-state index in [1.165, 1.54) is 12.1 Å². The van der Waals surface area contributed by atoms with E-state index in [0.717, 1.165) is 12.1 Å². The molecule has 1 atom stereocenters. The number of benzene rings is 1. The van der Waals surface area contributed by atoms with Crippen molar-refractivity contribution in [2.75, 3.05) is 6.54 Å². The van der Waals surface area contributed by atoms with Gasteiger partial charge in [-0.05, 0) is 24.6 Å². The van der Waals surface area contributed by atoms with Crippen molar-refractivity contribution < 1.29 is 18.0 Å². The van der Waals surface area contributed by atoms with Gasteiger partial charge in [0.05, 0.1) is 10.9 Å². The third-order valence-electron chi connectivity index (χ3n) is 2.38. The topological polar surface area (TPSA) is 29.1 Å². The van der Waals surface area contributed by atoms with Gasteiger partial charge in [0.2, 0.25) is 0 Å². The van der Waals surface area contributed by atoms with Crippen molar-refractivity contribution in [3.8, 4) is 0 Å². The molecule has 0 aromatic heterocycles. The molecule has 1 N–H and O–H groups in total. The van der Waals surface area contributed by atoms with Crippen LogP contribution in [0.1, 0.15) is 29.3 Å². The van der Waals surface area contributed by atoms with Gasteiger partial charge in [-0.3, -0.25) is 4.79 Å². The zero-order valence-electron chi connectivity index (χ0n) is 9.72. The molecule has 0 heterocycles. The van der Waals surface area contributed by atoms with E-state index in [1.54, 1.807) is 0 Å². The summed E-state index contributed by atoms with van der Waals surface area (Å²) in [6.07, 6.45) is -3.78. The lowest BCUT2D eigenvalue weighted by atomic mass is 10.1. The minimum atomic E-state index is -4.45. The van der Waals surface area contributed by atoms with Crippen molar-refractivity contribution >= 4 is 17.5 Å². The van der Waals surface area contributed by atoms with Crippen molar-refractivity contribution in [3.63, 3.8) is 0 Å². The fourth-order valence-electron chi connectivity index (χ4n) is 1.29. The Hall–Kier alpha value is -1.23. The Morgan fingerprint density at radius 1 is 1.44 bits per heavy atom. The van der Waals surface area contributed by atoms with Crippen molar-refractivity contribution in [1.82, 2.24) is 5.32 Å². The van der Waals surface area contributed by atoms with Gasteiger partial charge in [-0.25, -0.2) is 0 Å². The minimum absolute atomic E-state index is 0.0233. The molecule has 0 spiro atoms. The summed E-state index contributed by atoms with van der Waals surface area (Å²) in [6, 6.07) is 4.28. The SMILES string of the molecule is CCC(Cl)CNC(=O)c1cccc(C(F)(F)F)c1. The number of rotatable bonds is 4. The number of carbonyl (C=O) groups excluding carboxylic acids is 1.